The van der Waals surface area contributed by atoms with E-state index in [-0.39, 0.29) is 0 Å². The zero-order valence-corrected chi connectivity index (χ0v) is 29.5. The third-order valence-electron chi connectivity index (χ3n) is 10.9. The average molecular weight is 697 g/mol. The number of benzene rings is 8. The lowest BCUT2D eigenvalue weighted by Gasteiger charge is -2.12. The number of fused-ring (bicyclic) bond motifs is 14. The van der Waals surface area contributed by atoms with Crippen LogP contribution in [-0.4, -0.2) is 9.13 Å². The summed E-state index contributed by atoms with van der Waals surface area (Å²) in [7, 11) is 0. The van der Waals surface area contributed by atoms with Gasteiger partial charge in [-0.05, 0) is 71.8 Å². The first kappa shape index (κ1) is 28.5. The van der Waals surface area contributed by atoms with Crippen LogP contribution in [0.1, 0.15) is 0 Å². The molecule has 242 valence electrons. The van der Waals surface area contributed by atoms with Crippen LogP contribution in [0.5, 0.6) is 0 Å². The second-order valence-electron chi connectivity index (χ2n) is 13.7. The van der Waals surface area contributed by atoms with Crippen LogP contribution in [0.2, 0.25) is 0 Å². The highest BCUT2D eigenvalue weighted by molar-refractivity contribution is 7.27. The van der Waals surface area contributed by atoms with E-state index in [1.54, 1.807) is 0 Å². The molecule has 0 radical (unpaired) electrons. The van der Waals surface area contributed by atoms with Crippen LogP contribution in [0.4, 0.5) is 0 Å². The number of hydrogen-bond acceptors (Lipinski definition) is 2. The molecule has 52 heavy (non-hydrogen) atoms. The molecule has 4 heteroatoms. The molecule has 12 rings (SSSR count). The van der Waals surface area contributed by atoms with Gasteiger partial charge in [-0.3, -0.25) is 0 Å². The Bertz CT molecular complexity index is 3410. The van der Waals surface area contributed by atoms with Crippen LogP contribution >= 0.6 is 22.7 Å². The Morgan fingerprint density at radius 1 is 0.308 bits per heavy atom. The lowest BCUT2D eigenvalue weighted by atomic mass is 10.0. The molecule has 12 aromatic rings. The summed E-state index contributed by atoms with van der Waals surface area (Å²) in [6.07, 6.45) is 0. The van der Waals surface area contributed by atoms with Crippen molar-refractivity contribution in [3.63, 3.8) is 0 Å². The van der Waals surface area contributed by atoms with E-state index >= 15 is 0 Å². The lowest BCUT2D eigenvalue weighted by Crippen LogP contribution is -1.95. The van der Waals surface area contributed by atoms with E-state index in [2.05, 4.69) is 179 Å². The van der Waals surface area contributed by atoms with E-state index < -0.39 is 0 Å². The van der Waals surface area contributed by atoms with E-state index in [0.717, 1.165) is 0 Å². The first-order valence-corrected chi connectivity index (χ1v) is 19.3. The Balaban J connectivity index is 1.00. The third-order valence-corrected chi connectivity index (χ3v) is 13.3. The molecular weight excluding hydrogens is 669 g/mol. The van der Waals surface area contributed by atoms with E-state index in [4.69, 9.17) is 0 Å². The third kappa shape index (κ3) is 3.88. The highest BCUT2D eigenvalue weighted by atomic mass is 32.1. The van der Waals surface area contributed by atoms with Gasteiger partial charge >= 0.3 is 0 Å². The summed E-state index contributed by atoms with van der Waals surface area (Å²) >= 11 is 3.80. The molecule has 4 aromatic heterocycles. The molecule has 0 amide bonds. The monoisotopic (exact) mass is 696 g/mol. The number of para-hydroxylation sites is 2. The second kappa shape index (κ2) is 10.7. The fraction of sp³-hybridized carbons (Fsp3) is 0. The summed E-state index contributed by atoms with van der Waals surface area (Å²) < 4.78 is 10.3. The summed E-state index contributed by atoms with van der Waals surface area (Å²) in [6, 6.07) is 62.6. The molecule has 8 aromatic carbocycles. The number of hydrogen-bond donors (Lipinski definition) is 0. The minimum atomic E-state index is 1.17. The van der Waals surface area contributed by atoms with Crippen molar-refractivity contribution < 1.29 is 0 Å². The quantitative estimate of drug-likeness (QED) is 0.174. The highest BCUT2D eigenvalue weighted by Crippen LogP contribution is 2.45. The van der Waals surface area contributed by atoms with Gasteiger partial charge in [0, 0.05) is 73.3 Å². The Kier molecular flexibility index (Phi) is 5.84. The molecule has 0 fully saturated rings. The minimum absolute atomic E-state index is 1.17. The van der Waals surface area contributed by atoms with Gasteiger partial charge in [0.05, 0.1) is 22.1 Å². The number of nitrogens with zero attached hydrogens (tertiary/aromatic N) is 2. The van der Waals surface area contributed by atoms with Gasteiger partial charge in [-0.25, -0.2) is 0 Å². The van der Waals surface area contributed by atoms with Gasteiger partial charge in [-0.2, -0.15) is 0 Å². The van der Waals surface area contributed by atoms with Crippen molar-refractivity contribution in [2.75, 3.05) is 0 Å². The second-order valence-corrected chi connectivity index (χ2v) is 15.8. The van der Waals surface area contributed by atoms with Crippen molar-refractivity contribution in [3.05, 3.63) is 170 Å². The molecule has 0 saturated carbocycles. The maximum Gasteiger partial charge on any atom is 0.0555 e. The van der Waals surface area contributed by atoms with Gasteiger partial charge in [0.15, 0.2) is 0 Å². The van der Waals surface area contributed by atoms with Crippen molar-refractivity contribution in [2.45, 2.75) is 0 Å². The zero-order chi connectivity index (χ0) is 33.9. The molecule has 0 spiro atoms. The van der Waals surface area contributed by atoms with Gasteiger partial charge in [-0.1, -0.05) is 109 Å². The summed E-state index contributed by atoms with van der Waals surface area (Å²) in [5.41, 5.74) is 9.69. The highest BCUT2D eigenvalue weighted by Gasteiger charge is 2.19. The molecule has 0 aliphatic heterocycles. The Morgan fingerprint density at radius 3 is 1.38 bits per heavy atom. The zero-order valence-electron chi connectivity index (χ0n) is 27.9. The van der Waals surface area contributed by atoms with Crippen LogP contribution in [0.15, 0.2) is 170 Å². The summed E-state index contributed by atoms with van der Waals surface area (Å²) in [4.78, 5) is 0. The fourth-order valence-electron chi connectivity index (χ4n) is 8.65. The van der Waals surface area contributed by atoms with Crippen LogP contribution in [0.3, 0.4) is 0 Å². The van der Waals surface area contributed by atoms with Crippen molar-refractivity contribution in [3.8, 4) is 22.5 Å². The molecular formula is C48H28N2S2. The largest absolute Gasteiger partial charge is 0.309 e. The molecule has 0 N–H and O–H groups in total. The van der Waals surface area contributed by atoms with Crippen LogP contribution in [0, 0.1) is 0 Å². The van der Waals surface area contributed by atoms with Gasteiger partial charge in [0.1, 0.15) is 0 Å². The number of thiophene rings is 2. The molecule has 4 heterocycles. The predicted octanol–water partition coefficient (Wildman–Crippen LogP) is 14.3. The normalized spacial score (nSPS) is 12.2. The number of rotatable bonds is 3. The average Bonchev–Trinajstić information content (AvgIpc) is 3.95. The van der Waals surface area contributed by atoms with Crippen LogP contribution in [-0.2, 0) is 0 Å². The van der Waals surface area contributed by atoms with E-state index in [0.29, 0.717) is 0 Å². The standard InChI is InChI=1S/C48H28N2S2/c1-5-16-39-37(14-1)45-41(26-24-35-33-12-3-7-18-43(33)51-47(35)45)49(39)31-22-20-29(21-23-31)30-10-9-11-32(28-30)50-40-17-6-2-15-38(40)46-42(50)27-25-36-34-13-4-8-19-44(34)52-48(36)46/h1-28H. The van der Waals surface area contributed by atoms with E-state index in [1.165, 1.54) is 106 Å². The summed E-state index contributed by atoms with van der Waals surface area (Å²) in [5, 5.41) is 10.6. The van der Waals surface area contributed by atoms with Crippen LogP contribution in [0.25, 0.3) is 106 Å². The number of aromatic nitrogens is 2. The Morgan fingerprint density at radius 2 is 0.808 bits per heavy atom. The topological polar surface area (TPSA) is 9.86 Å². The molecule has 2 nitrogen and oxygen atoms in total. The van der Waals surface area contributed by atoms with Gasteiger partial charge in [-0.15, -0.1) is 22.7 Å². The Hall–Kier alpha value is -6.20. The van der Waals surface area contributed by atoms with Crippen molar-refractivity contribution in [1.29, 1.82) is 0 Å². The lowest BCUT2D eigenvalue weighted by molar-refractivity contribution is 1.18. The molecule has 0 aliphatic carbocycles. The van der Waals surface area contributed by atoms with Gasteiger partial charge in [0.25, 0.3) is 0 Å². The van der Waals surface area contributed by atoms with Crippen molar-refractivity contribution in [1.82, 2.24) is 9.13 Å². The smallest absolute Gasteiger partial charge is 0.0555 e. The predicted molar refractivity (Wildman–Crippen MR) is 226 cm³/mol. The first-order chi connectivity index (χ1) is 25.8. The molecule has 0 unspecified atom stereocenters. The maximum atomic E-state index is 2.44. The summed E-state index contributed by atoms with van der Waals surface area (Å²) in [5.74, 6) is 0. The van der Waals surface area contributed by atoms with Crippen LogP contribution < -0.4 is 0 Å². The first-order valence-electron chi connectivity index (χ1n) is 17.7. The molecule has 0 aliphatic rings. The fourth-order valence-corrected chi connectivity index (χ4v) is 11.2. The molecule has 0 bridgehead atoms. The molecule has 0 atom stereocenters. The SMILES string of the molecule is c1cc(-c2ccc(-n3c4ccccc4c4c5sc6ccccc6c5ccc43)cc2)cc(-n2c3ccccc3c3c4sc5ccccc5c4ccc32)c1. The van der Waals surface area contributed by atoms with Gasteiger partial charge in [0.2, 0.25) is 0 Å². The minimum Gasteiger partial charge on any atom is -0.309 e. The van der Waals surface area contributed by atoms with E-state index in [9.17, 15) is 0 Å². The van der Waals surface area contributed by atoms with Crippen molar-refractivity contribution in [2.24, 2.45) is 0 Å². The van der Waals surface area contributed by atoms with Gasteiger partial charge < -0.3 is 9.13 Å². The Labute approximate surface area is 306 Å². The molecule has 0 saturated heterocycles. The van der Waals surface area contributed by atoms with E-state index in [1.807, 2.05) is 22.7 Å². The van der Waals surface area contributed by atoms with Crippen molar-refractivity contribution >= 4 is 107 Å². The summed E-state index contributed by atoms with van der Waals surface area (Å²) in [6.45, 7) is 0. The maximum absolute atomic E-state index is 2.44.